The molecule has 0 radical (unpaired) electrons. The summed E-state index contributed by atoms with van der Waals surface area (Å²) in [7, 11) is 0. The number of halogens is 1. The number of aryl methyl sites for hydroxylation is 1. The predicted molar refractivity (Wildman–Crippen MR) is 143 cm³/mol. The number of amides is 1. The van der Waals surface area contributed by atoms with E-state index < -0.39 is 0 Å². The molecule has 5 nitrogen and oxygen atoms in total. The predicted octanol–water partition coefficient (Wildman–Crippen LogP) is 7.33. The Morgan fingerprint density at radius 3 is 2.41 bits per heavy atom. The summed E-state index contributed by atoms with van der Waals surface area (Å²) < 4.78 is 12.8. The summed E-state index contributed by atoms with van der Waals surface area (Å²) in [5, 5.41) is 6.39. The van der Waals surface area contributed by atoms with Crippen molar-refractivity contribution in [1.82, 2.24) is 0 Å². The lowest BCUT2D eigenvalue weighted by Crippen LogP contribution is -2.13. The zero-order chi connectivity index (χ0) is 24.5. The Morgan fingerprint density at radius 1 is 0.971 bits per heavy atom. The molecule has 0 aliphatic rings. The molecular formula is C28H33BrN2O3. The minimum absolute atomic E-state index is 0.0265. The van der Waals surface area contributed by atoms with E-state index in [0.717, 1.165) is 27.0 Å². The van der Waals surface area contributed by atoms with E-state index in [-0.39, 0.29) is 5.91 Å². The van der Waals surface area contributed by atoms with Crippen molar-refractivity contribution in [3.05, 3.63) is 81.8 Å². The van der Waals surface area contributed by atoms with Gasteiger partial charge in [0.05, 0.1) is 11.1 Å². The molecule has 3 rings (SSSR count). The number of rotatable bonds is 11. The molecule has 0 aliphatic carbocycles. The van der Waals surface area contributed by atoms with Gasteiger partial charge in [0, 0.05) is 24.3 Å². The molecule has 34 heavy (non-hydrogen) atoms. The van der Waals surface area contributed by atoms with Gasteiger partial charge in [-0.2, -0.15) is 0 Å². The first kappa shape index (κ1) is 25.6. The van der Waals surface area contributed by atoms with Gasteiger partial charge in [-0.25, -0.2) is 0 Å². The van der Waals surface area contributed by atoms with E-state index >= 15 is 0 Å². The first-order chi connectivity index (χ1) is 16.3. The summed E-state index contributed by atoms with van der Waals surface area (Å²) in [4.78, 5) is 12.1. The van der Waals surface area contributed by atoms with Crippen LogP contribution in [0, 0.1) is 12.8 Å². The molecule has 0 aliphatic heterocycles. The van der Waals surface area contributed by atoms with Crippen LogP contribution in [0.2, 0.25) is 0 Å². The zero-order valence-electron chi connectivity index (χ0n) is 20.3. The standard InChI is InChI=1S/C28H33BrN2O3/c1-5-33-26-15-22(14-25(29)28(26)34-18-21-11-9-20(4)10-12-21)17-30-23-7-6-8-24(16-23)31-27(32)13-19(2)3/h6-12,14-16,19,30H,5,13,17-18H2,1-4H3,(H,31,32). The average molecular weight is 525 g/mol. The second kappa shape index (κ2) is 12.5. The maximum absolute atomic E-state index is 12.1. The Kier molecular flexibility index (Phi) is 9.40. The van der Waals surface area contributed by atoms with Crippen LogP contribution in [0.25, 0.3) is 0 Å². The maximum atomic E-state index is 12.1. The highest BCUT2D eigenvalue weighted by atomic mass is 79.9. The van der Waals surface area contributed by atoms with E-state index in [9.17, 15) is 4.79 Å². The van der Waals surface area contributed by atoms with Gasteiger partial charge >= 0.3 is 0 Å². The lowest BCUT2D eigenvalue weighted by Gasteiger charge is -2.16. The molecule has 0 fully saturated rings. The van der Waals surface area contributed by atoms with E-state index in [4.69, 9.17) is 9.47 Å². The smallest absolute Gasteiger partial charge is 0.224 e. The van der Waals surface area contributed by atoms with Crippen molar-refractivity contribution in [2.45, 2.75) is 47.3 Å². The van der Waals surface area contributed by atoms with Crippen LogP contribution in [0.3, 0.4) is 0 Å². The lowest BCUT2D eigenvalue weighted by molar-refractivity contribution is -0.116. The van der Waals surface area contributed by atoms with Gasteiger partial charge in [-0.05, 0) is 77.2 Å². The Hall–Kier alpha value is -2.99. The van der Waals surface area contributed by atoms with Gasteiger partial charge in [-0.3, -0.25) is 4.79 Å². The second-order valence-electron chi connectivity index (χ2n) is 8.69. The van der Waals surface area contributed by atoms with Crippen molar-refractivity contribution >= 4 is 33.2 Å². The van der Waals surface area contributed by atoms with Crippen molar-refractivity contribution < 1.29 is 14.3 Å². The first-order valence-corrected chi connectivity index (χ1v) is 12.4. The van der Waals surface area contributed by atoms with Gasteiger partial charge in [0.1, 0.15) is 6.61 Å². The van der Waals surface area contributed by atoms with E-state index in [1.165, 1.54) is 5.56 Å². The molecule has 0 spiro atoms. The summed E-state index contributed by atoms with van der Waals surface area (Å²) in [6, 6.07) is 20.1. The number of benzene rings is 3. The Morgan fingerprint density at radius 2 is 1.71 bits per heavy atom. The van der Waals surface area contributed by atoms with Crippen LogP contribution in [-0.4, -0.2) is 12.5 Å². The van der Waals surface area contributed by atoms with E-state index in [1.54, 1.807) is 0 Å². The normalized spacial score (nSPS) is 10.8. The molecule has 2 N–H and O–H groups in total. The minimum Gasteiger partial charge on any atom is -0.490 e. The van der Waals surface area contributed by atoms with Gasteiger partial charge in [-0.1, -0.05) is 49.7 Å². The topological polar surface area (TPSA) is 59.6 Å². The van der Waals surface area contributed by atoms with Crippen LogP contribution >= 0.6 is 15.9 Å². The molecular weight excluding hydrogens is 492 g/mol. The van der Waals surface area contributed by atoms with Gasteiger partial charge in [0.25, 0.3) is 0 Å². The van der Waals surface area contributed by atoms with Crippen LogP contribution < -0.4 is 20.1 Å². The van der Waals surface area contributed by atoms with Gasteiger partial charge in [0.2, 0.25) is 5.91 Å². The van der Waals surface area contributed by atoms with Crippen molar-refractivity contribution in [1.29, 1.82) is 0 Å². The second-order valence-corrected chi connectivity index (χ2v) is 9.55. The third-order valence-electron chi connectivity index (χ3n) is 5.11. The molecule has 0 heterocycles. The van der Waals surface area contributed by atoms with Crippen LogP contribution in [0.15, 0.2) is 65.1 Å². The van der Waals surface area contributed by atoms with Crippen molar-refractivity contribution in [3.63, 3.8) is 0 Å². The molecule has 0 aromatic heterocycles. The molecule has 180 valence electrons. The SMILES string of the molecule is CCOc1cc(CNc2cccc(NC(=O)CC(C)C)c2)cc(Br)c1OCc1ccc(C)cc1. The fraction of sp³-hybridized carbons (Fsp3) is 0.321. The number of carbonyl (C=O) groups excluding carboxylic acids is 1. The van der Waals surface area contributed by atoms with Gasteiger partial charge in [-0.15, -0.1) is 0 Å². The fourth-order valence-corrected chi connectivity index (χ4v) is 4.06. The summed E-state index contributed by atoms with van der Waals surface area (Å²) in [5.74, 6) is 1.75. The van der Waals surface area contributed by atoms with Crippen LogP contribution in [-0.2, 0) is 17.9 Å². The number of hydrogen-bond donors (Lipinski definition) is 2. The molecule has 0 unspecified atom stereocenters. The van der Waals surface area contributed by atoms with Gasteiger partial charge < -0.3 is 20.1 Å². The number of ether oxygens (including phenoxy) is 2. The lowest BCUT2D eigenvalue weighted by atomic mass is 10.1. The Labute approximate surface area is 211 Å². The summed E-state index contributed by atoms with van der Waals surface area (Å²) in [6.45, 7) is 9.70. The van der Waals surface area contributed by atoms with E-state index in [2.05, 4.69) is 57.8 Å². The fourth-order valence-electron chi connectivity index (χ4n) is 3.46. The largest absolute Gasteiger partial charge is 0.490 e. The summed E-state index contributed by atoms with van der Waals surface area (Å²) in [6.07, 6.45) is 0.504. The molecule has 3 aromatic carbocycles. The Bertz CT molecular complexity index is 1100. The number of nitrogens with one attached hydrogen (secondary N) is 2. The number of carbonyl (C=O) groups is 1. The van der Waals surface area contributed by atoms with Crippen LogP contribution in [0.4, 0.5) is 11.4 Å². The quantitative estimate of drug-likeness (QED) is 0.275. The summed E-state index contributed by atoms with van der Waals surface area (Å²) in [5.41, 5.74) is 5.08. The van der Waals surface area contributed by atoms with Crippen molar-refractivity contribution in [3.8, 4) is 11.5 Å². The number of anilines is 2. The van der Waals surface area contributed by atoms with Crippen LogP contribution in [0.5, 0.6) is 11.5 Å². The van der Waals surface area contributed by atoms with E-state index in [1.807, 2.05) is 57.2 Å². The third-order valence-corrected chi connectivity index (χ3v) is 5.70. The molecule has 6 heteroatoms. The number of hydrogen-bond acceptors (Lipinski definition) is 4. The van der Waals surface area contributed by atoms with Crippen LogP contribution in [0.1, 0.15) is 43.9 Å². The molecule has 3 aromatic rings. The summed E-state index contributed by atoms with van der Waals surface area (Å²) >= 11 is 3.66. The average Bonchev–Trinajstić information content (AvgIpc) is 2.78. The maximum Gasteiger partial charge on any atom is 0.224 e. The highest BCUT2D eigenvalue weighted by Gasteiger charge is 2.13. The zero-order valence-corrected chi connectivity index (χ0v) is 21.9. The molecule has 1 amide bonds. The third kappa shape index (κ3) is 7.80. The molecule has 0 saturated heterocycles. The molecule has 0 saturated carbocycles. The molecule has 0 atom stereocenters. The van der Waals surface area contributed by atoms with Crippen molar-refractivity contribution in [2.24, 2.45) is 5.92 Å². The molecule has 0 bridgehead atoms. The van der Waals surface area contributed by atoms with Crippen molar-refractivity contribution in [2.75, 3.05) is 17.2 Å². The van der Waals surface area contributed by atoms with Gasteiger partial charge in [0.15, 0.2) is 11.5 Å². The first-order valence-electron chi connectivity index (χ1n) is 11.6. The highest BCUT2D eigenvalue weighted by Crippen LogP contribution is 2.37. The Balaban J connectivity index is 1.67. The highest BCUT2D eigenvalue weighted by molar-refractivity contribution is 9.10. The minimum atomic E-state index is 0.0265. The monoisotopic (exact) mass is 524 g/mol. The van der Waals surface area contributed by atoms with E-state index in [0.29, 0.717) is 43.6 Å².